The Morgan fingerprint density at radius 3 is 2.31 bits per heavy atom. The van der Waals surface area contributed by atoms with Gasteiger partial charge in [-0.3, -0.25) is 24.1 Å². The molecule has 10 nitrogen and oxygen atoms in total. The molecule has 260 valence electrons. The van der Waals surface area contributed by atoms with Gasteiger partial charge in [0.15, 0.2) is 17.1 Å². The normalized spacial score (nSPS) is 26.7. The highest BCUT2D eigenvalue weighted by atomic mass is 16.5. The molecular formula is C42H35N3O7. The molecule has 9 rings (SSSR count). The summed E-state index contributed by atoms with van der Waals surface area (Å²) >= 11 is 0. The molecule has 52 heavy (non-hydrogen) atoms. The van der Waals surface area contributed by atoms with Crippen molar-refractivity contribution < 1.29 is 33.4 Å². The number of oxazole rings is 1. The van der Waals surface area contributed by atoms with Gasteiger partial charge in [-0.1, -0.05) is 54.1 Å². The first kappa shape index (κ1) is 31.9. The Kier molecular flexibility index (Phi) is 7.22. The third-order valence-corrected chi connectivity index (χ3v) is 11.6. The van der Waals surface area contributed by atoms with Crippen LogP contribution in [0.1, 0.15) is 38.2 Å². The number of nitrogens with zero attached hydrogens (tertiary/aromatic N) is 3. The summed E-state index contributed by atoms with van der Waals surface area (Å²) in [5.41, 5.74) is 2.95. The van der Waals surface area contributed by atoms with Crippen molar-refractivity contribution in [2.24, 2.45) is 29.1 Å². The van der Waals surface area contributed by atoms with E-state index >= 15 is 0 Å². The number of hydrogen-bond donors (Lipinski definition) is 1. The Labute approximate surface area is 299 Å². The minimum Gasteiger partial charge on any atom is -0.504 e. The average Bonchev–Trinajstić information content (AvgIpc) is 3.77. The number of allylic oxidation sites excluding steroid dienone is 2. The van der Waals surface area contributed by atoms with Crippen LogP contribution in [0.2, 0.25) is 0 Å². The second kappa shape index (κ2) is 11.8. The molecular weight excluding hydrogens is 658 g/mol. The predicted octanol–water partition coefficient (Wildman–Crippen LogP) is 7.03. The van der Waals surface area contributed by atoms with Crippen LogP contribution in [0, 0.1) is 29.1 Å². The number of aromatic hydroxyl groups is 1. The number of ether oxygens (including phenoxy) is 1. The maximum Gasteiger partial charge on any atom is 0.241 e. The molecule has 1 saturated carbocycles. The topological polar surface area (TPSA) is 130 Å². The van der Waals surface area contributed by atoms with E-state index in [1.807, 2.05) is 43.3 Å². The van der Waals surface area contributed by atoms with Gasteiger partial charge in [0.2, 0.25) is 29.5 Å². The van der Waals surface area contributed by atoms with Crippen LogP contribution in [0.25, 0.3) is 22.6 Å². The minimum atomic E-state index is -1.28. The van der Waals surface area contributed by atoms with Gasteiger partial charge in [0.25, 0.3) is 0 Å². The number of para-hydroxylation sites is 4. The molecule has 4 aliphatic rings. The SMILES string of the molecule is CCOc1cccc(C2C3=CCC4C(=O)N(c5ccc(-c6nc7ccccc7o6)cc5)C(=O)C4C3CC3C(=O)N(c4ccccc4)C(=O)C32C)c1O. The summed E-state index contributed by atoms with van der Waals surface area (Å²) in [7, 11) is 0. The molecule has 5 aromatic rings. The molecule has 2 aliphatic carbocycles. The summed E-state index contributed by atoms with van der Waals surface area (Å²) < 4.78 is 11.7. The number of phenolic OH excluding ortho intramolecular Hbond substituents is 1. The van der Waals surface area contributed by atoms with Gasteiger partial charge in [-0.05, 0) is 87.2 Å². The molecule has 10 heteroatoms. The lowest BCUT2D eigenvalue weighted by molar-refractivity contribution is -0.131. The summed E-state index contributed by atoms with van der Waals surface area (Å²) in [6.07, 6.45) is 2.47. The third-order valence-electron chi connectivity index (χ3n) is 11.6. The lowest BCUT2D eigenvalue weighted by Gasteiger charge is -2.49. The van der Waals surface area contributed by atoms with E-state index in [4.69, 9.17) is 9.15 Å². The van der Waals surface area contributed by atoms with Crippen LogP contribution in [0.3, 0.4) is 0 Å². The van der Waals surface area contributed by atoms with Crippen LogP contribution in [0.5, 0.6) is 11.5 Å². The van der Waals surface area contributed by atoms with Crippen molar-refractivity contribution in [2.75, 3.05) is 16.4 Å². The molecule has 6 atom stereocenters. The summed E-state index contributed by atoms with van der Waals surface area (Å²) in [6.45, 7) is 3.93. The van der Waals surface area contributed by atoms with E-state index in [9.17, 15) is 24.3 Å². The number of anilines is 2. The van der Waals surface area contributed by atoms with Gasteiger partial charge in [0.05, 0.1) is 41.2 Å². The highest BCUT2D eigenvalue weighted by molar-refractivity contribution is 6.25. The molecule has 0 spiro atoms. The minimum absolute atomic E-state index is 0.106. The Morgan fingerprint density at radius 2 is 1.56 bits per heavy atom. The molecule has 0 bridgehead atoms. The molecule has 2 aliphatic heterocycles. The fourth-order valence-electron chi connectivity index (χ4n) is 9.23. The quantitative estimate of drug-likeness (QED) is 0.148. The molecule has 0 radical (unpaired) electrons. The van der Waals surface area contributed by atoms with Gasteiger partial charge in [-0.15, -0.1) is 0 Å². The van der Waals surface area contributed by atoms with Crippen molar-refractivity contribution in [3.63, 3.8) is 0 Å². The molecule has 1 N–H and O–H groups in total. The van der Waals surface area contributed by atoms with E-state index in [1.54, 1.807) is 73.7 Å². The molecule has 1 aromatic heterocycles. The zero-order valence-electron chi connectivity index (χ0n) is 28.6. The number of imide groups is 2. The van der Waals surface area contributed by atoms with Gasteiger partial charge in [0, 0.05) is 17.0 Å². The lowest BCUT2D eigenvalue weighted by atomic mass is 9.51. The Bertz CT molecular complexity index is 2300. The maximum absolute atomic E-state index is 14.6. The number of rotatable bonds is 6. The number of benzene rings is 4. The molecule has 4 amide bonds. The van der Waals surface area contributed by atoms with Gasteiger partial charge in [-0.25, -0.2) is 9.88 Å². The van der Waals surface area contributed by atoms with Crippen LogP contribution in [0.15, 0.2) is 113 Å². The first-order valence-electron chi connectivity index (χ1n) is 17.6. The average molecular weight is 694 g/mol. The maximum atomic E-state index is 14.6. The van der Waals surface area contributed by atoms with E-state index in [0.717, 1.165) is 11.1 Å². The van der Waals surface area contributed by atoms with Gasteiger partial charge < -0.3 is 14.3 Å². The summed E-state index contributed by atoms with van der Waals surface area (Å²) in [5, 5.41) is 11.6. The van der Waals surface area contributed by atoms with E-state index in [1.165, 1.54) is 9.80 Å². The number of aromatic nitrogens is 1. The monoisotopic (exact) mass is 693 g/mol. The zero-order chi connectivity index (χ0) is 35.9. The van der Waals surface area contributed by atoms with Crippen LogP contribution in [-0.2, 0) is 19.2 Å². The fraction of sp³-hybridized carbons (Fsp3) is 0.262. The van der Waals surface area contributed by atoms with Crippen LogP contribution in [0.4, 0.5) is 11.4 Å². The van der Waals surface area contributed by atoms with E-state index in [-0.39, 0.29) is 48.0 Å². The standard InChI is InChI=1S/C42H35N3O7/c1-3-51-33-15-9-12-28(36(33)46)35-26-20-21-27-34(29(26)22-30-39(48)45(41(50)42(30,35)2)24-10-5-4-6-11-24)40(49)44(38(27)47)25-18-16-23(17-19-25)37-43-31-13-7-8-14-32(31)52-37/h4-20,27,29-30,34-35,46H,3,21-22H2,1-2H3. The first-order chi connectivity index (χ1) is 25.2. The lowest BCUT2D eigenvalue weighted by Crippen LogP contribution is -2.48. The zero-order valence-corrected chi connectivity index (χ0v) is 28.6. The Balaban J connectivity index is 1.11. The number of carbonyl (C=O) groups is 4. The fourth-order valence-corrected chi connectivity index (χ4v) is 9.23. The van der Waals surface area contributed by atoms with Crippen LogP contribution in [-0.4, -0.2) is 40.3 Å². The van der Waals surface area contributed by atoms with Crippen molar-refractivity contribution in [3.05, 3.63) is 114 Å². The number of phenols is 1. The Hall–Kier alpha value is -6.03. The molecule has 3 heterocycles. The smallest absolute Gasteiger partial charge is 0.241 e. The van der Waals surface area contributed by atoms with Crippen LogP contribution >= 0.6 is 0 Å². The largest absolute Gasteiger partial charge is 0.504 e. The number of hydrogen-bond acceptors (Lipinski definition) is 8. The van der Waals surface area contributed by atoms with Gasteiger partial charge in [-0.2, -0.15) is 0 Å². The van der Waals surface area contributed by atoms with Crippen molar-refractivity contribution in [1.82, 2.24) is 4.98 Å². The van der Waals surface area contributed by atoms with E-state index < -0.39 is 35.0 Å². The van der Waals surface area contributed by atoms with Crippen molar-refractivity contribution in [1.29, 1.82) is 0 Å². The number of amides is 4. The number of carbonyl (C=O) groups excluding carboxylic acids is 4. The summed E-state index contributed by atoms with van der Waals surface area (Å²) in [6, 6.07) is 28.5. The van der Waals surface area contributed by atoms with Crippen molar-refractivity contribution in [2.45, 2.75) is 32.6 Å². The molecule has 2 saturated heterocycles. The molecule has 3 fully saturated rings. The molecule has 4 aromatic carbocycles. The van der Waals surface area contributed by atoms with Gasteiger partial charge >= 0.3 is 0 Å². The van der Waals surface area contributed by atoms with Gasteiger partial charge in [0.1, 0.15) is 5.52 Å². The van der Waals surface area contributed by atoms with Crippen molar-refractivity contribution in [3.8, 4) is 23.0 Å². The Morgan fingerprint density at radius 1 is 0.827 bits per heavy atom. The third kappa shape index (κ3) is 4.46. The van der Waals surface area contributed by atoms with Crippen molar-refractivity contribution >= 4 is 46.1 Å². The summed E-state index contributed by atoms with van der Waals surface area (Å²) in [5.74, 6) is -4.23. The van der Waals surface area contributed by atoms with E-state index in [0.29, 0.717) is 40.6 Å². The predicted molar refractivity (Wildman–Crippen MR) is 192 cm³/mol. The first-order valence-corrected chi connectivity index (χ1v) is 17.6. The van der Waals surface area contributed by atoms with E-state index in [2.05, 4.69) is 4.98 Å². The second-order valence-electron chi connectivity index (χ2n) is 14.2. The number of fused-ring (bicyclic) bond motifs is 5. The highest BCUT2D eigenvalue weighted by Gasteiger charge is 2.68. The highest BCUT2D eigenvalue weighted by Crippen LogP contribution is 2.65. The van der Waals surface area contributed by atoms with Crippen LogP contribution < -0.4 is 14.5 Å². The molecule has 6 unspecified atom stereocenters. The summed E-state index contributed by atoms with van der Waals surface area (Å²) in [4.78, 5) is 64.8. The second-order valence-corrected chi connectivity index (χ2v) is 14.2.